The zero-order valence-corrected chi connectivity index (χ0v) is 12.2. The fourth-order valence-corrected chi connectivity index (χ4v) is 2.32. The Bertz CT molecular complexity index is 532. The lowest BCUT2D eigenvalue weighted by molar-refractivity contribution is -0.141. The number of carboxylic acid groups (broad SMARTS) is 1. The van der Waals surface area contributed by atoms with Gasteiger partial charge in [-0.3, -0.25) is 4.79 Å². The summed E-state index contributed by atoms with van der Waals surface area (Å²) in [4.78, 5) is 23.3. The molecule has 1 aliphatic heterocycles. The molecule has 2 atom stereocenters. The number of fused-ring (bicyclic) bond motifs is 1. The van der Waals surface area contributed by atoms with Gasteiger partial charge in [0.2, 0.25) is 5.91 Å². The van der Waals surface area contributed by atoms with Gasteiger partial charge in [-0.2, -0.15) is 11.8 Å². The van der Waals surface area contributed by atoms with Gasteiger partial charge in [0.1, 0.15) is 5.75 Å². The predicted molar refractivity (Wildman–Crippen MR) is 77.1 cm³/mol. The molecule has 0 aromatic heterocycles. The summed E-state index contributed by atoms with van der Waals surface area (Å²) in [7, 11) is 0. The minimum atomic E-state index is -1.06. The Morgan fingerprint density at radius 3 is 2.85 bits per heavy atom. The average molecular weight is 295 g/mol. The molecule has 1 amide bonds. The molecule has 1 aromatic rings. The van der Waals surface area contributed by atoms with E-state index in [2.05, 4.69) is 5.32 Å². The van der Waals surface area contributed by atoms with Gasteiger partial charge in [-0.15, -0.1) is 0 Å². The maximum Gasteiger partial charge on any atom is 0.330 e. The van der Waals surface area contributed by atoms with Crippen LogP contribution >= 0.6 is 11.8 Å². The molecular weight excluding hydrogens is 278 g/mol. The molecule has 0 saturated heterocycles. The number of ether oxygens (including phenoxy) is 1. The molecule has 0 saturated carbocycles. The molecule has 2 rings (SSSR count). The second-order valence-corrected chi connectivity index (χ2v) is 5.80. The molecule has 1 aromatic carbocycles. The minimum Gasteiger partial charge on any atom is -0.493 e. The van der Waals surface area contributed by atoms with E-state index < -0.39 is 12.0 Å². The number of nitrogens with one attached hydrogen (secondary N) is 1. The van der Waals surface area contributed by atoms with E-state index in [1.165, 1.54) is 11.8 Å². The monoisotopic (exact) mass is 295 g/mol. The zero-order valence-electron chi connectivity index (χ0n) is 11.4. The quantitative estimate of drug-likeness (QED) is 0.863. The first-order valence-corrected chi connectivity index (χ1v) is 7.63. The number of hydrogen-bond donors (Lipinski definition) is 2. The Morgan fingerprint density at radius 2 is 2.20 bits per heavy atom. The molecule has 0 aliphatic carbocycles. The highest BCUT2D eigenvalue weighted by Gasteiger charge is 2.25. The first-order chi connectivity index (χ1) is 9.52. The first kappa shape index (κ1) is 14.7. The topological polar surface area (TPSA) is 75.6 Å². The van der Waals surface area contributed by atoms with Gasteiger partial charge in [0.25, 0.3) is 0 Å². The van der Waals surface area contributed by atoms with E-state index in [4.69, 9.17) is 4.74 Å². The lowest BCUT2D eigenvalue weighted by Crippen LogP contribution is -2.38. The highest BCUT2D eigenvalue weighted by molar-refractivity contribution is 7.99. The Kier molecular flexibility index (Phi) is 4.54. The Hall–Kier alpha value is -1.69. The number of rotatable bonds is 5. The van der Waals surface area contributed by atoms with E-state index in [1.54, 1.807) is 25.1 Å². The van der Waals surface area contributed by atoms with Gasteiger partial charge in [0, 0.05) is 6.42 Å². The van der Waals surface area contributed by atoms with Gasteiger partial charge < -0.3 is 15.2 Å². The molecule has 0 spiro atoms. The number of carboxylic acids is 1. The molecule has 2 N–H and O–H groups in total. The standard InChI is InChI=1S/C14H17NO4S/c1-8(20-2)13(16)15-12(14(17)18)10-3-4-11-9(7-10)5-6-19-11/h3-4,7-8,12H,5-6H2,1-2H3,(H,15,16)(H,17,18). The van der Waals surface area contributed by atoms with Crippen molar-refractivity contribution in [3.63, 3.8) is 0 Å². The maximum atomic E-state index is 11.9. The number of hydrogen-bond acceptors (Lipinski definition) is 4. The smallest absolute Gasteiger partial charge is 0.330 e. The van der Waals surface area contributed by atoms with Crippen LogP contribution in [0.15, 0.2) is 18.2 Å². The highest BCUT2D eigenvalue weighted by atomic mass is 32.2. The summed E-state index contributed by atoms with van der Waals surface area (Å²) in [5, 5.41) is 11.6. The molecule has 1 heterocycles. The largest absolute Gasteiger partial charge is 0.493 e. The van der Waals surface area contributed by atoms with Gasteiger partial charge in [-0.1, -0.05) is 6.07 Å². The summed E-state index contributed by atoms with van der Waals surface area (Å²) < 4.78 is 5.39. The van der Waals surface area contributed by atoms with E-state index in [9.17, 15) is 14.7 Å². The van der Waals surface area contributed by atoms with Crippen molar-refractivity contribution in [1.82, 2.24) is 5.32 Å². The van der Waals surface area contributed by atoms with E-state index in [0.717, 1.165) is 17.7 Å². The van der Waals surface area contributed by atoms with Gasteiger partial charge in [0.05, 0.1) is 11.9 Å². The Morgan fingerprint density at radius 1 is 1.45 bits per heavy atom. The van der Waals surface area contributed by atoms with E-state index in [-0.39, 0.29) is 11.2 Å². The van der Waals surface area contributed by atoms with Crippen molar-refractivity contribution in [2.75, 3.05) is 12.9 Å². The summed E-state index contributed by atoms with van der Waals surface area (Å²) in [5.41, 5.74) is 1.56. The van der Waals surface area contributed by atoms with Gasteiger partial charge in [-0.25, -0.2) is 4.79 Å². The average Bonchev–Trinajstić information content (AvgIpc) is 2.90. The number of benzene rings is 1. The van der Waals surface area contributed by atoms with Gasteiger partial charge in [0.15, 0.2) is 6.04 Å². The third-order valence-electron chi connectivity index (χ3n) is 3.30. The van der Waals surface area contributed by atoms with Crippen LogP contribution in [0.4, 0.5) is 0 Å². The van der Waals surface area contributed by atoms with E-state index >= 15 is 0 Å². The second kappa shape index (κ2) is 6.17. The van der Waals surface area contributed by atoms with E-state index in [0.29, 0.717) is 12.2 Å². The van der Waals surface area contributed by atoms with Crippen molar-refractivity contribution in [2.45, 2.75) is 24.6 Å². The van der Waals surface area contributed by atoms with Crippen LogP contribution < -0.4 is 10.1 Å². The lowest BCUT2D eigenvalue weighted by Gasteiger charge is -2.17. The summed E-state index contributed by atoms with van der Waals surface area (Å²) in [6, 6.07) is 4.22. The van der Waals surface area contributed by atoms with Crippen LogP contribution in [0.1, 0.15) is 24.1 Å². The summed E-state index contributed by atoms with van der Waals surface area (Å²) >= 11 is 1.38. The molecule has 6 heteroatoms. The van der Waals surface area contributed by atoms with Crippen LogP contribution in [0.5, 0.6) is 5.75 Å². The van der Waals surface area contributed by atoms with Crippen molar-refractivity contribution < 1.29 is 19.4 Å². The molecule has 20 heavy (non-hydrogen) atoms. The van der Waals surface area contributed by atoms with Crippen LogP contribution in [0.3, 0.4) is 0 Å². The number of aliphatic carboxylic acids is 1. The normalized spacial score (nSPS) is 15.9. The van der Waals surface area contributed by atoms with Crippen molar-refractivity contribution in [2.24, 2.45) is 0 Å². The molecular formula is C14H17NO4S. The number of carbonyl (C=O) groups excluding carboxylic acids is 1. The van der Waals surface area contributed by atoms with Crippen LogP contribution in [-0.2, 0) is 16.0 Å². The first-order valence-electron chi connectivity index (χ1n) is 6.34. The van der Waals surface area contributed by atoms with Crippen molar-refractivity contribution in [1.29, 1.82) is 0 Å². The van der Waals surface area contributed by atoms with E-state index in [1.807, 2.05) is 6.26 Å². The molecule has 108 valence electrons. The second-order valence-electron chi connectivity index (χ2n) is 4.62. The van der Waals surface area contributed by atoms with Gasteiger partial charge >= 0.3 is 5.97 Å². The highest BCUT2D eigenvalue weighted by Crippen LogP contribution is 2.28. The Labute approximate surface area is 121 Å². The number of carbonyl (C=O) groups is 2. The van der Waals surface area contributed by atoms with Crippen LogP contribution in [0.25, 0.3) is 0 Å². The molecule has 2 unspecified atom stereocenters. The summed E-state index contributed by atoms with van der Waals surface area (Å²) in [5.74, 6) is -0.547. The number of amides is 1. The molecule has 0 fully saturated rings. The van der Waals surface area contributed by atoms with Crippen LogP contribution in [0, 0.1) is 0 Å². The third-order valence-corrected chi connectivity index (χ3v) is 4.22. The fourth-order valence-electron chi connectivity index (χ4n) is 2.04. The SMILES string of the molecule is CSC(C)C(=O)NC(C(=O)O)c1ccc2c(c1)CCO2. The maximum absolute atomic E-state index is 11.9. The summed E-state index contributed by atoms with van der Waals surface area (Å²) in [6.45, 7) is 2.36. The van der Waals surface area contributed by atoms with Crippen LogP contribution in [-0.4, -0.2) is 35.1 Å². The van der Waals surface area contributed by atoms with Crippen molar-refractivity contribution >= 4 is 23.6 Å². The molecule has 5 nitrogen and oxygen atoms in total. The summed E-state index contributed by atoms with van der Waals surface area (Å²) in [6.07, 6.45) is 2.58. The molecule has 0 radical (unpaired) electrons. The van der Waals surface area contributed by atoms with Crippen molar-refractivity contribution in [3.8, 4) is 5.75 Å². The molecule has 1 aliphatic rings. The lowest BCUT2D eigenvalue weighted by atomic mass is 10.0. The van der Waals surface area contributed by atoms with Gasteiger partial charge in [-0.05, 0) is 36.4 Å². The fraction of sp³-hybridized carbons (Fsp3) is 0.429. The number of thioether (sulfide) groups is 1. The molecule has 0 bridgehead atoms. The van der Waals surface area contributed by atoms with Crippen LogP contribution in [0.2, 0.25) is 0 Å². The van der Waals surface area contributed by atoms with Crippen molar-refractivity contribution in [3.05, 3.63) is 29.3 Å². The Balaban J connectivity index is 2.21. The minimum absolute atomic E-state index is 0.276. The predicted octanol–water partition coefficient (Wildman–Crippen LogP) is 1.61. The zero-order chi connectivity index (χ0) is 14.7. The third kappa shape index (κ3) is 3.07.